The molecule has 1 aliphatic heterocycles. The Kier molecular flexibility index (Phi) is 4.29. The minimum atomic E-state index is -0.741. The largest absolute Gasteiger partial charge is 0.204 e. The molecule has 0 saturated heterocycles. The summed E-state index contributed by atoms with van der Waals surface area (Å²) < 4.78 is 27.8. The molecule has 3 heteroatoms. The lowest BCUT2D eigenvalue weighted by atomic mass is 9.84. The Bertz CT molecular complexity index is 652. The third-order valence-electron chi connectivity index (χ3n) is 4.12. The highest BCUT2D eigenvalue weighted by molar-refractivity contribution is 7.98. The van der Waals surface area contributed by atoms with Gasteiger partial charge in [-0.25, -0.2) is 8.78 Å². The molecule has 0 N–H and O–H groups in total. The van der Waals surface area contributed by atoms with Gasteiger partial charge in [-0.15, -0.1) is 11.8 Å². The molecule has 1 atom stereocenters. The van der Waals surface area contributed by atoms with Crippen molar-refractivity contribution in [3.8, 4) is 0 Å². The number of thioether (sulfide) groups is 1. The second-order valence-electron chi connectivity index (χ2n) is 5.45. The average molecular weight is 304 g/mol. The molecule has 110 valence electrons. The van der Waals surface area contributed by atoms with Crippen molar-refractivity contribution in [1.82, 2.24) is 0 Å². The van der Waals surface area contributed by atoms with Gasteiger partial charge < -0.3 is 0 Å². The molecule has 21 heavy (non-hydrogen) atoms. The molecule has 0 amide bonds. The third-order valence-corrected chi connectivity index (χ3v) is 5.24. The topological polar surface area (TPSA) is 0 Å². The third kappa shape index (κ3) is 2.71. The fraction of sp³-hybridized carbons (Fsp3) is 0.333. The van der Waals surface area contributed by atoms with E-state index in [1.165, 1.54) is 16.5 Å². The van der Waals surface area contributed by atoms with Crippen molar-refractivity contribution >= 4 is 11.8 Å². The van der Waals surface area contributed by atoms with E-state index in [1.54, 1.807) is 17.8 Å². The maximum atomic E-state index is 14.2. The van der Waals surface area contributed by atoms with Crippen LogP contribution in [0.2, 0.25) is 0 Å². The van der Waals surface area contributed by atoms with Gasteiger partial charge in [0.2, 0.25) is 0 Å². The first kappa shape index (κ1) is 14.6. The van der Waals surface area contributed by atoms with E-state index in [4.69, 9.17) is 0 Å². The van der Waals surface area contributed by atoms with Crippen LogP contribution >= 0.6 is 11.8 Å². The molecule has 0 radical (unpaired) electrons. The zero-order valence-electron chi connectivity index (χ0n) is 12.0. The summed E-state index contributed by atoms with van der Waals surface area (Å²) in [5.74, 6) is -0.747. The van der Waals surface area contributed by atoms with E-state index < -0.39 is 11.6 Å². The van der Waals surface area contributed by atoms with Crippen molar-refractivity contribution in [2.24, 2.45) is 0 Å². The van der Waals surface area contributed by atoms with Gasteiger partial charge in [-0.2, -0.15) is 0 Å². The van der Waals surface area contributed by atoms with Crippen molar-refractivity contribution in [1.29, 1.82) is 0 Å². The number of rotatable bonds is 3. The second kappa shape index (κ2) is 6.18. The Morgan fingerprint density at radius 3 is 2.71 bits per heavy atom. The molecule has 0 nitrogen and oxygen atoms in total. The Morgan fingerprint density at radius 1 is 1.10 bits per heavy atom. The molecule has 0 aromatic heterocycles. The van der Waals surface area contributed by atoms with E-state index in [9.17, 15) is 8.78 Å². The molecule has 0 fully saturated rings. The summed E-state index contributed by atoms with van der Waals surface area (Å²) in [4.78, 5) is 1.19. The molecule has 0 spiro atoms. The summed E-state index contributed by atoms with van der Waals surface area (Å²) in [6.45, 7) is 2.16. The van der Waals surface area contributed by atoms with Crippen molar-refractivity contribution < 1.29 is 8.78 Å². The fourth-order valence-electron chi connectivity index (χ4n) is 3.02. The van der Waals surface area contributed by atoms with Crippen molar-refractivity contribution in [3.63, 3.8) is 0 Å². The SMILES string of the molecule is CCCC[C@@H]1c2ccccc2SCc2c1ccc(F)c2F. The quantitative estimate of drug-likeness (QED) is 0.681. The van der Waals surface area contributed by atoms with Gasteiger partial charge in [0, 0.05) is 22.1 Å². The highest BCUT2D eigenvalue weighted by Gasteiger charge is 2.26. The minimum absolute atomic E-state index is 0.168. The summed E-state index contributed by atoms with van der Waals surface area (Å²) in [5, 5.41) is 0. The number of hydrogen-bond donors (Lipinski definition) is 0. The highest BCUT2D eigenvalue weighted by atomic mass is 32.2. The van der Waals surface area contributed by atoms with Gasteiger partial charge in [0.15, 0.2) is 11.6 Å². The van der Waals surface area contributed by atoms with Gasteiger partial charge in [0.1, 0.15) is 0 Å². The fourth-order valence-corrected chi connectivity index (χ4v) is 4.16. The average Bonchev–Trinajstić information content (AvgIpc) is 2.66. The first-order valence-electron chi connectivity index (χ1n) is 7.41. The van der Waals surface area contributed by atoms with Crippen LogP contribution in [0.15, 0.2) is 41.3 Å². The monoisotopic (exact) mass is 304 g/mol. The van der Waals surface area contributed by atoms with Crippen LogP contribution < -0.4 is 0 Å². The summed E-state index contributed by atoms with van der Waals surface area (Å²) in [5.41, 5.74) is 2.75. The molecule has 0 aliphatic carbocycles. The number of unbranched alkanes of at least 4 members (excludes halogenated alkanes) is 1. The molecular weight excluding hydrogens is 286 g/mol. The van der Waals surface area contributed by atoms with Crippen LogP contribution in [0.3, 0.4) is 0 Å². The number of hydrogen-bond acceptors (Lipinski definition) is 1. The van der Waals surface area contributed by atoms with Crippen LogP contribution in [0.5, 0.6) is 0 Å². The lowest BCUT2D eigenvalue weighted by molar-refractivity contribution is 0.498. The maximum Gasteiger partial charge on any atom is 0.163 e. The van der Waals surface area contributed by atoms with Gasteiger partial charge >= 0.3 is 0 Å². The first-order valence-corrected chi connectivity index (χ1v) is 8.39. The van der Waals surface area contributed by atoms with Crippen LogP contribution in [0.1, 0.15) is 48.8 Å². The van der Waals surface area contributed by atoms with Gasteiger partial charge in [0.05, 0.1) is 0 Å². The number of fused-ring (bicyclic) bond motifs is 2. The van der Waals surface area contributed by atoms with Crippen molar-refractivity contribution in [3.05, 3.63) is 64.7 Å². The summed E-state index contributed by atoms with van der Waals surface area (Å²) in [6, 6.07) is 11.3. The van der Waals surface area contributed by atoms with E-state index in [-0.39, 0.29) is 5.92 Å². The van der Waals surface area contributed by atoms with Crippen LogP contribution in [0, 0.1) is 11.6 Å². The molecule has 1 heterocycles. The predicted molar refractivity (Wildman–Crippen MR) is 83.7 cm³/mol. The zero-order chi connectivity index (χ0) is 14.8. The Morgan fingerprint density at radius 2 is 1.90 bits per heavy atom. The second-order valence-corrected chi connectivity index (χ2v) is 6.47. The molecule has 0 bridgehead atoms. The zero-order valence-corrected chi connectivity index (χ0v) is 12.9. The smallest absolute Gasteiger partial charge is 0.163 e. The van der Waals surface area contributed by atoms with Gasteiger partial charge in [-0.05, 0) is 29.7 Å². The van der Waals surface area contributed by atoms with E-state index in [0.29, 0.717) is 11.3 Å². The molecule has 3 rings (SSSR count). The maximum absolute atomic E-state index is 14.2. The van der Waals surface area contributed by atoms with Crippen molar-refractivity contribution in [2.45, 2.75) is 42.8 Å². The Balaban J connectivity index is 2.14. The van der Waals surface area contributed by atoms with Gasteiger partial charge in [0.25, 0.3) is 0 Å². The lowest BCUT2D eigenvalue weighted by Gasteiger charge is -2.20. The summed E-state index contributed by atoms with van der Waals surface area (Å²) in [7, 11) is 0. The Hall–Kier alpha value is -1.35. The highest BCUT2D eigenvalue weighted by Crippen LogP contribution is 2.43. The molecule has 0 saturated carbocycles. The van der Waals surface area contributed by atoms with Crippen LogP contribution in [0.25, 0.3) is 0 Å². The molecule has 1 aliphatic rings. The molecule has 2 aromatic carbocycles. The number of halogens is 2. The summed E-state index contributed by atoms with van der Waals surface area (Å²) >= 11 is 1.61. The first-order chi connectivity index (χ1) is 10.2. The summed E-state index contributed by atoms with van der Waals surface area (Å²) in [6.07, 6.45) is 3.17. The minimum Gasteiger partial charge on any atom is -0.204 e. The number of benzene rings is 2. The van der Waals surface area contributed by atoms with Gasteiger partial charge in [-0.3, -0.25) is 0 Å². The standard InChI is InChI=1S/C18H18F2S/c1-2-3-6-12-13-9-10-16(19)18(20)15(13)11-21-17-8-5-4-7-14(12)17/h4-5,7-10,12H,2-3,6,11H2,1H3/t12-/m0/s1. The van der Waals surface area contributed by atoms with Crippen molar-refractivity contribution in [2.75, 3.05) is 0 Å². The molecular formula is C18H18F2S. The van der Waals surface area contributed by atoms with Crippen LogP contribution in [0.4, 0.5) is 8.78 Å². The van der Waals surface area contributed by atoms with E-state index in [1.807, 2.05) is 12.1 Å². The van der Waals surface area contributed by atoms with E-state index in [2.05, 4.69) is 19.1 Å². The van der Waals surface area contributed by atoms with E-state index in [0.717, 1.165) is 24.8 Å². The molecule has 2 aromatic rings. The van der Waals surface area contributed by atoms with Crippen LogP contribution in [-0.2, 0) is 5.75 Å². The van der Waals surface area contributed by atoms with Gasteiger partial charge in [-0.1, -0.05) is 44.0 Å². The predicted octanol–water partition coefficient (Wildman–Crippen LogP) is 5.89. The lowest BCUT2D eigenvalue weighted by Crippen LogP contribution is -2.06. The normalized spacial score (nSPS) is 17.0. The Labute approximate surface area is 128 Å². The van der Waals surface area contributed by atoms with E-state index >= 15 is 0 Å². The van der Waals surface area contributed by atoms with Crippen LogP contribution in [-0.4, -0.2) is 0 Å². The molecule has 0 unspecified atom stereocenters.